The Bertz CT molecular complexity index is 72.0. The van der Waals surface area contributed by atoms with Crippen LogP contribution in [-0.2, 0) is 0 Å². The minimum absolute atomic E-state index is 0.741. The molecular formula is C6H9+. The molecule has 1 fully saturated rings. The van der Waals surface area contributed by atoms with E-state index in [-0.39, 0.29) is 0 Å². The summed E-state index contributed by atoms with van der Waals surface area (Å²) in [4.78, 5) is 0. The predicted octanol–water partition coefficient (Wildman–Crippen LogP) is 1.79. The van der Waals surface area contributed by atoms with Crippen molar-refractivity contribution in [3.63, 3.8) is 0 Å². The molecule has 1 aliphatic carbocycles. The van der Waals surface area contributed by atoms with Gasteiger partial charge in [-0.1, -0.05) is 0 Å². The van der Waals surface area contributed by atoms with Crippen molar-refractivity contribution in [2.75, 3.05) is 0 Å². The molecule has 32 valence electrons. The molecule has 0 spiro atoms. The van der Waals surface area contributed by atoms with Crippen LogP contribution in [0.1, 0.15) is 13.8 Å². The number of hydrogen-bond acceptors (Lipinski definition) is 0. The van der Waals surface area contributed by atoms with Gasteiger partial charge in [0, 0.05) is 13.5 Å². The fourth-order valence-corrected chi connectivity index (χ4v) is 0.555. The first-order valence-electron chi connectivity index (χ1n) is 2.26. The van der Waals surface area contributed by atoms with Crippen molar-refractivity contribution in [1.82, 2.24) is 0 Å². The topological polar surface area (TPSA) is 0 Å². The van der Waals surface area contributed by atoms with E-state index in [0.717, 1.165) is 5.92 Å². The Hall–Kier alpha value is -0.390. The van der Waals surface area contributed by atoms with Gasteiger partial charge < -0.3 is 0 Å². The standard InChI is InChI=1S/C6H9/c1-4-5(2)6(4)3/h5H,1H2,2-3H3/q+1. The lowest BCUT2D eigenvalue weighted by Gasteiger charge is -1.56. The third-order valence-corrected chi connectivity index (χ3v) is 1.60. The van der Waals surface area contributed by atoms with Crippen LogP contribution in [0.3, 0.4) is 0 Å². The zero-order chi connectivity index (χ0) is 4.73. The largest absolute Gasteiger partial charge is 0.129 e. The van der Waals surface area contributed by atoms with Gasteiger partial charge in [0.05, 0.1) is 5.92 Å². The van der Waals surface area contributed by atoms with Crippen molar-refractivity contribution < 1.29 is 0 Å². The lowest BCUT2D eigenvalue weighted by atomic mass is 10.4. The average molecular weight is 81.1 g/mol. The van der Waals surface area contributed by atoms with Crippen LogP contribution in [0.15, 0.2) is 12.2 Å². The fourth-order valence-electron chi connectivity index (χ4n) is 0.555. The highest BCUT2D eigenvalue weighted by atomic mass is 14.4. The molecule has 1 aliphatic rings. The van der Waals surface area contributed by atoms with E-state index in [9.17, 15) is 0 Å². The van der Waals surface area contributed by atoms with E-state index >= 15 is 0 Å². The Morgan fingerprint density at radius 1 is 1.83 bits per heavy atom. The Labute approximate surface area is 38.9 Å². The van der Waals surface area contributed by atoms with Crippen LogP contribution < -0.4 is 0 Å². The molecule has 1 saturated carbocycles. The maximum Gasteiger partial charge on any atom is 0.129 e. The van der Waals surface area contributed by atoms with Gasteiger partial charge in [0.25, 0.3) is 0 Å². The molecule has 0 amide bonds. The van der Waals surface area contributed by atoms with Gasteiger partial charge in [-0.3, -0.25) is 0 Å². The maximum absolute atomic E-state index is 3.79. The molecule has 6 heavy (non-hydrogen) atoms. The van der Waals surface area contributed by atoms with Crippen molar-refractivity contribution in [3.8, 4) is 0 Å². The molecular weight excluding hydrogens is 72.1 g/mol. The molecule has 1 rings (SSSR count). The SMILES string of the molecule is C=C1[C+](C)C1C. The van der Waals surface area contributed by atoms with E-state index in [1.54, 1.807) is 0 Å². The van der Waals surface area contributed by atoms with Crippen LogP contribution in [0.5, 0.6) is 0 Å². The lowest BCUT2D eigenvalue weighted by Crippen LogP contribution is -1.55. The van der Waals surface area contributed by atoms with E-state index in [0.29, 0.717) is 0 Å². The van der Waals surface area contributed by atoms with Gasteiger partial charge in [-0.05, 0) is 6.92 Å². The van der Waals surface area contributed by atoms with Gasteiger partial charge in [-0.2, -0.15) is 0 Å². The average Bonchev–Trinajstić information content (AvgIpc) is 1.94. The van der Waals surface area contributed by atoms with E-state index in [1.807, 2.05) is 0 Å². The summed E-state index contributed by atoms with van der Waals surface area (Å²) >= 11 is 0. The van der Waals surface area contributed by atoms with Crippen LogP contribution in [0.25, 0.3) is 0 Å². The van der Waals surface area contributed by atoms with Gasteiger partial charge in [-0.15, -0.1) is 0 Å². The second kappa shape index (κ2) is 0.810. The zero-order valence-corrected chi connectivity index (χ0v) is 4.28. The molecule has 0 aromatic rings. The minimum atomic E-state index is 0.741. The van der Waals surface area contributed by atoms with Crippen LogP contribution in [0, 0.1) is 11.8 Å². The van der Waals surface area contributed by atoms with Crippen molar-refractivity contribution in [2.45, 2.75) is 13.8 Å². The summed E-state index contributed by atoms with van der Waals surface area (Å²) in [5.74, 6) is 2.22. The monoisotopic (exact) mass is 81.1 g/mol. The summed E-state index contributed by atoms with van der Waals surface area (Å²) in [6, 6.07) is 0. The van der Waals surface area contributed by atoms with Crippen LogP contribution >= 0.6 is 0 Å². The van der Waals surface area contributed by atoms with Gasteiger partial charge in [-0.25, -0.2) is 0 Å². The van der Waals surface area contributed by atoms with E-state index in [4.69, 9.17) is 0 Å². The van der Waals surface area contributed by atoms with Gasteiger partial charge in [0.2, 0.25) is 0 Å². The molecule has 0 aromatic heterocycles. The highest BCUT2D eigenvalue weighted by Crippen LogP contribution is 2.44. The molecule has 0 saturated heterocycles. The highest BCUT2D eigenvalue weighted by molar-refractivity contribution is 5.44. The Morgan fingerprint density at radius 2 is 2.00 bits per heavy atom. The summed E-state index contributed by atoms with van der Waals surface area (Å²) in [6.07, 6.45) is 0. The fraction of sp³-hybridized carbons (Fsp3) is 0.500. The Morgan fingerprint density at radius 3 is 2.00 bits per heavy atom. The number of hydrogen-bond donors (Lipinski definition) is 0. The second-order valence-corrected chi connectivity index (χ2v) is 1.93. The van der Waals surface area contributed by atoms with Crippen LogP contribution in [-0.4, -0.2) is 0 Å². The Balaban J connectivity index is 2.51. The van der Waals surface area contributed by atoms with Crippen molar-refractivity contribution >= 4 is 0 Å². The summed E-state index contributed by atoms with van der Waals surface area (Å²) < 4.78 is 0. The molecule has 0 aliphatic heterocycles. The summed E-state index contributed by atoms with van der Waals surface area (Å²) in [6.45, 7) is 8.10. The summed E-state index contributed by atoms with van der Waals surface area (Å²) in [5, 5.41) is 0. The molecule has 0 heterocycles. The van der Waals surface area contributed by atoms with Crippen molar-refractivity contribution in [1.29, 1.82) is 0 Å². The summed E-state index contributed by atoms with van der Waals surface area (Å²) in [7, 11) is 0. The van der Waals surface area contributed by atoms with Crippen molar-refractivity contribution in [2.24, 2.45) is 5.92 Å². The molecule has 0 nitrogen and oxygen atoms in total. The smallest absolute Gasteiger partial charge is 0.0329 e. The molecule has 0 bridgehead atoms. The van der Waals surface area contributed by atoms with E-state index < -0.39 is 0 Å². The molecule has 0 radical (unpaired) electrons. The van der Waals surface area contributed by atoms with Gasteiger partial charge >= 0.3 is 0 Å². The summed E-state index contributed by atoms with van der Waals surface area (Å²) in [5.41, 5.74) is 1.34. The highest BCUT2D eigenvalue weighted by Gasteiger charge is 2.45. The quantitative estimate of drug-likeness (QED) is 0.390. The molecule has 1 atom stereocenters. The molecule has 0 N–H and O–H groups in total. The normalized spacial score (nSPS) is 31.3. The van der Waals surface area contributed by atoms with Gasteiger partial charge in [0.15, 0.2) is 0 Å². The van der Waals surface area contributed by atoms with Crippen LogP contribution in [0.2, 0.25) is 0 Å². The molecule has 1 unspecified atom stereocenters. The lowest BCUT2D eigenvalue weighted by molar-refractivity contribution is 1.03. The van der Waals surface area contributed by atoms with Crippen molar-refractivity contribution in [3.05, 3.63) is 18.1 Å². The Kier molecular flexibility index (Phi) is 0.512. The zero-order valence-electron chi connectivity index (χ0n) is 4.28. The first-order chi connectivity index (χ1) is 2.73. The first kappa shape index (κ1) is 3.79. The van der Waals surface area contributed by atoms with Gasteiger partial charge in [0.1, 0.15) is 11.5 Å². The van der Waals surface area contributed by atoms with E-state index in [2.05, 4.69) is 20.4 Å². The van der Waals surface area contributed by atoms with Crippen LogP contribution in [0.4, 0.5) is 0 Å². The first-order valence-corrected chi connectivity index (χ1v) is 2.26. The minimum Gasteiger partial charge on any atom is -0.0329 e. The van der Waals surface area contributed by atoms with E-state index in [1.165, 1.54) is 11.5 Å². The maximum atomic E-state index is 3.79. The number of allylic oxidation sites excluding steroid dienone is 1. The third kappa shape index (κ3) is 0.266. The molecule has 0 aromatic carbocycles. The molecule has 0 heteroatoms. The second-order valence-electron chi connectivity index (χ2n) is 1.93. The predicted molar refractivity (Wildman–Crippen MR) is 27.2 cm³/mol. The number of rotatable bonds is 0. The third-order valence-electron chi connectivity index (χ3n) is 1.60.